The lowest BCUT2D eigenvalue weighted by Gasteiger charge is -2.03. The Hall–Kier alpha value is -2.16. The zero-order valence-corrected chi connectivity index (χ0v) is 7.92. The second-order valence-electron chi connectivity index (χ2n) is 3.41. The van der Waals surface area contributed by atoms with E-state index >= 15 is 0 Å². The van der Waals surface area contributed by atoms with Crippen LogP contribution < -0.4 is 5.56 Å². The normalized spacial score (nSPS) is 10.9. The van der Waals surface area contributed by atoms with Crippen LogP contribution in [0.1, 0.15) is 0 Å². The van der Waals surface area contributed by atoms with Gasteiger partial charge in [0, 0.05) is 17.6 Å². The van der Waals surface area contributed by atoms with Crippen LogP contribution in [0.5, 0.6) is 0 Å². The van der Waals surface area contributed by atoms with Gasteiger partial charge in [-0.3, -0.25) is 9.20 Å². The first kappa shape index (κ1) is 8.17. The van der Waals surface area contributed by atoms with Gasteiger partial charge in [0.05, 0.1) is 5.52 Å². The summed E-state index contributed by atoms with van der Waals surface area (Å²) in [5, 5.41) is 2.04. The highest BCUT2D eigenvalue weighted by molar-refractivity contribution is 5.95. The quantitative estimate of drug-likeness (QED) is 0.514. The summed E-state index contributed by atoms with van der Waals surface area (Å²) in [6.07, 6.45) is 3.24. The maximum atomic E-state index is 11.7. The number of hydrogen-bond donors (Lipinski definition) is 0. The van der Waals surface area contributed by atoms with Gasteiger partial charge in [-0.1, -0.05) is 24.3 Å². The van der Waals surface area contributed by atoms with Crippen LogP contribution in [0.2, 0.25) is 0 Å². The second-order valence-corrected chi connectivity index (χ2v) is 3.41. The lowest BCUT2D eigenvalue weighted by Crippen LogP contribution is -2.12. The molecule has 0 fully saturated rings. The van der Waals surface area contributed by atoms with Crippen LogP contribution in [0.4, 0.5) is 0 Å². The fraction of sp³-hybridized carbons (Fsp3) is 0. The first-order valence-corrected chi connectivity index (χ1v) is 4.70. The molecule has 3 heteroatoms. The van der Waals surface area contributed by atoms with Crippen molar-refractivity contribution in [1.82, 2.24) is 9.38 Å². The van der Waals surface area contributed by atoms with Gasteiger partial charge in [0.2, 0.25) is 0 Å². The van der Waals surface area contributed by atoms with Crippen LogP contribution in [0.3, 0.4) is 0 Å². The van der Waals surface area contributed by atoms with Crippen LogP contribution in [0, 0.1) is 0 Å². The molecule has 0 aliphatic rings. The van der Waals surface area contributed by atoms with Crippen molar-refractivity contribution in [1.29, 1.82) is 0 Å². The van der Waals surface area contributed by atoms with Gasteiger partial charge in [0.25, 0.3) is 5.56 Å². The van der Waals surface area contributed by atoms with Crippen LogP contribution in [0.15, 0.2) is 53.7 Å². The molecular formula is C12H8N2O. The molecule has 3 aromatic rings. The average Bonchev–Trinajstić information content (AvgIpc) is 2.30. The number of fused-ring (bicyclic) bond motifs is 3. The van der Waals surface area contributed by atoms with Crippen molar-refractivity contribution in [2.75, 3.05) is 0 Å². The van der Waals surface area contributed by atoms with E-state index in [1.807, 2.05) is 30.3 Å². The molecule has 3 nitrogen and oxygen atoms in total. The Labute approximate surface area is 85.6 Å². The van der Waals surface area contributed by atoms with Gasteiger partial charge in [-0.05, 0) is 11.5 Å². The van der Waals surface area contributed by atoms with Gasteiger partial charge >= 0.3 is 0 Å². The summed E-state index contributed by atoms with van der Waals surface area (Å²) in [6.45, 7) is 0. The fourth-order valence-corrected chi connectivity index (χ4v) is 1.82. The summed E-state index contributed by atoms with van der Waals surface area (Å²) in [5.74, 6) is 0. The van der Waals surface area contributed by atoms with E-state index in [4.69, 9.17) is 0 Å². The highest BCUT2D eigenvalue weighted by Crippen LogP contribution is 2.16. The highest BCUT2D eigenvalue weighted by Gasteiger charge is 2.01. The molecular weight excluding hydrogens is 188 g/mol. The van der Waals surface area contributed by atoms with Crippen LogP contribution >= 0.6 is 0 Å². The molecule has 0 aliphatic carbocycles. The molecule has 15 heavy (non-hydrogen) atoms. The topological polar surface area (TPSA) is 34.4 Å². The van der Waals surface area contributed by atoms with Crippen molar-refractivity contribution in [3.05, 3.63) is 59.3 Å². The largest absolute Gasteiger partial charge is 0.269 e. The fourth-order valence-electron chi connectivity index (χ4n) is 1.82. The first-order valence-electron chi connectivity index (χ1n) is 4.70. The molecule has 2 heterocycles. The van der Waals surface area contributed by atoms with Crippen LogP contribution in [-0.4, -0.2) is 9.38 Å². The minimum atomic E-state index is -0.0446. The molecule has 72 valence electrons. The smallest absolute Gasteiger partial charge is 0.256 e. The molecule has 0 radical (unpaired) electrons. The number of aromatic nitrogens is 2. The molecule has 2 aromatic heterocycles. The number of nitrogens with zero attached hydrogens (tertiary/aromatic N) is 2. The zero-order chi connectivity index (χ0) is 10.3. The molecule has 0 unspecified atom stereocenters. The van der Waals surface area contributed by atoms with E-state index in [9.17, 15) is 4.79 Å². The summed E-state index contributed by atoms with van der Waals surface area (Å²) < 4.78 is 1.56. The highest BCUT2D eigenvalue weighted by atomic mass is 16.1. The van der Waals surface area contributed by atoms with Gasteiger partial charge in [-0.2, -0.15) is 0 Å². The Kier molecular flexibility index (Phi) is 1.59. The van der Waals surface area contributed by atoms with Gasteiger partial charge in [0.15, 0.2) is 0 Å². The first-order chi connectivity index (χ1) is 7.36. The van der Waals surface area contributed by atoms with E-state index in [-0.39, 0.29) is 5.56 Å². The summed E-state index contributed by atoms with van der Waals surface area (Å²) in [7, 11) is 0. The Morgan fingerprint density at radius 1 is 1.13 bits per heavy atom. The minimum absolute atomic E-state index is 0.0446. The van der Waals surface area contributed by atoms with Gasteiger partial charge < -0.3 is 0 Å². The van der Waals surface area contributed by atoms with Crippen molar-refractivity contribution in [3.63, 3.8) is 0 Å². The predicted molar refractivity (Wildman–Crippen MR) is 59.0 cm³/mol. The Morgan fingerprint density at radius 2 is 2.00 bits per heavy atom. The molecule has 1 aromatic carbocycles. The van der Waals surface area contributed by atoms with Crippen molar-refractivity contribution < 1.29 is 0 Å². The van der Waals surface area contributed by atoms with Crippen LogP contribution in [-0.2, 0) is 0 Å². The molecule has 0 spiro atoms. The maximum Gasteiger partial charge on any atom is 0.256 e. The van der Waals surface area contributed by atoms with Gasteiger partial charge in [0.1, 0.15) is 6.33 Å². The molecule has 0 saturated heterocycles. The standard InChI is InChI=1S/C12H8N2O/c15-12-7-9-3-1-2-4-10(9)11-5-6-13-8-14(11)12/h1-8H. The third-order valence-electron chi connectivity index (χ3n) is 2.51. The maximum absolute atomic E-state index is 11.7. The second kappa shape index (κ2) is 2.92. The summed E-state index contributed by atoms with van der Waals surface area (Å²) >= 11 is 0. The summed E-state index contributed by atoms with van der Waals surface area (Å²) in [4.78, 5) is 15.7. The van der Waals surface area contributed by atoms with Crippen molar-refractivity contribution in [2.24, 2.45) is 0 Å². The number of rotatable bonds is 0. The van der Waals surface area contributed by atoms with E-state index < -0.39 is 0 Å². The average molecular weight is 196 g/mol. The lowest BCUT2D eigenvalue weighted by molar-refractivity contribution is 1.04. The van der Waals surface area contributed by atoms with Crippen molar-refractivity contribution >= 4 is 16.3 Å². The number of hydrogen-bond acceptors (Lipinski definition) is 2. The van der Waals surface area contributed by atoms with Gasteiger partial charge in [-0.25, -0.2) is 4.98 Å². The molecule has 0 N–H and O–H groups in total. The number of pyridine rings is 1. The van der Waals surface area contributed by atoms with E-state index in [0.717, 1.165) is 16.3 Å². The Balaban J connectivity index is 2.70. The minimum Gasteiger partial charge on any atom is -0.269 e. The third kappa shape index (κ3) is 1.13. The van der Waals surface area contributed by atoms with E-state index in [1.165, 1.54) is 0 Å². The Bertz CT molecular complexity index is 700. The number of benzene rings is 1. The molecule has 3 rings (SSSR count). The molecule has 0 saturated carbocycles. The predicted octanol–water partition coefficient (Wildman–Crippen LogP) is 1.85. The SMILES string of the molecule is O=c1cc2ccccc2c2ccncn12. The molecule has 0 atom stereocenters. The summed E-state index contributed by atoms with van der Waals surface area (Å²) in [5.41, 5.74) is 0.852. The van der Waals surface area contributed by atoms with E-state index in [0.29, 0.717) is 0 Å². The summed E-state index contributed by atoms with van der Waals surface area (Å²) in [6, 6.07) is 11.3. The molecule has 0 bridgehead atoms. The van der Waals surface area contributed by atoms with E-state index in [1.54, 1.807) is 23.0 Å². The third-order valence-corrected chi connectivity index (χ3v) is 2.51. The molecule has 0 aliphatic heterocycles. The van der Waals surface area contributed by atoms with Crippen molar-refractivity contribution in [3.8, 4) is 0 Å². The monoisotopic (exact) mass is 196 g/mol. The zero-order valence-electron chi connectivity index (χ0n) is 7.92. The molecule has 0 amide bonds. The van der Waals surface area contributed by atoms with Crippen LogP contribution in [0.25, 0.3) is 16.3 Å². The Morgan fingerprint density at radius 3 is 2.93 bits per heavy atom. The lowest BCUT2D eigenvalue weighted by atomic mass is 10.1. The van der Waals surface area contributed by atoms with E-state index in [2.05, 4.69) is 4.98 Å². The van der Waals surface area contributed by atoms with Crippen molar-refractivity contribution in [2.45, 2.75) is 0 Å². The van der Waals surface area contributed by atoms with Gasteiger partial charge in [-0.15, -0.1) is 0 Å².